The maximum absolute atomic E-state index is 11.2. The summed E-state index contributed by atoms with van der Waals surface area (Å²) < 4.78 is 0. The maximum atomic E-state index is 11.2. The number of carbonyl (C=O) groups excluding carboxylic acids is 1. The second-order valence-electron chi connectivity index (χ2n) is 6.26. The van der Waals surface area contributed by atoms with E-state index in [1.54, 1.807) is 12.1 Å². The van der Waals surface area contributed by atoms with Gasteiger partial charge in [0, 0.05) is 29.8 Å². The van der Waals surface area contributed by atoms with Gasteiger partial charge in [0.1, 0.15) is 11.6 Å². The highest BCUT2D eigenvalue weighted by Crippen LogP contribution is 2.21. The van der Waals surface area contributed by atoms with Gasteiger partial charge in [0.05, 0.1) is 0 Å². The molecule has 0 saturated carbocycles. The Labute approximate surface area is 153 Å². The molecule has 3 N–H and O–H groups in total. The van der Waals surface area contributed by atoms with Gasteiger partial charge in [-0.3, -0.25) is 4.79 Å². The zero-order chi connectivity index (χ0) is 18.5. The first kappa shape index (κ1) is 17.6. The van der Waals surface area contributed by atoms with Gasteiger partial charge in [0.25, 0.3) is 0 Å². The second kappa shape index (κ2) is 7.78. The summed E-state index contributed by atoms with van der Waals surface area (Å²) >= 11 is 0. The lowest BCUT2D eigenvalue weighted by Crippen LogP contribution is -2.11. The lowest BCUT2D eigenvalue weighted by Gasteiger charge is -2.14. The van der Waals surface area contributed by atoms with Gasteiger partial charge in [-0.1, -0.05) is 42.5 Å². The van der Waals surface area contributed by atoms with Crippen molar-refractivity contribution < 1.29 is 4.79 Å². The molecule has 0 aliphatic rings. The molecule has 26 heavy (non-hydrogen) atoms. The number of amides is 1. The molecule has 3 rings (SSSR count). The van der Waals surface area contributed by atoms with Crippen LogP contribution < -0.4 is 11.1 Å². The molecule has 0 bridgehead atoms. The largest absolute Gasteiger partial charge is 0.366 e. The van der Waals surface area contributed by atoms with E-state index in [2.05, 4.69) is 27.4 Å². The molecule has 3 aromatic rings. The predicted octanol–water partition coefficient (Wildman–Crippen LogP) is 3.40. The molecule has 0 aliphatic carbocycles. The van der Waals surface area contributed by atoms with E-state index in [9.17, 15) is 4.79 Å². The van der Waals surface area contributed by atoms with Crippen LogP contribution in [-0.4, -0.2) is 15.9 Å². The number of anilines is 1. The number of hydrogen-bond donors (Lipinski definition) is 2. The molecule has 2 aromatic carbocycles. The number of aromatic nitrogens is 2. The van der Waals surface area contributed by atoms with E-state index in [1.807, 2.05) is 44.2 Å². The fraction of sp³-hybridized carbons (Fsp3) is 0.190. The first-order valence-corrected chi connectivity index (χ1v) is 8.53. The molecule has 0 atom stereocenters. The van der Waals surface area contributed by atoms with Gasteiger partial charge in [-0.05, 0) is 37.1 Å². The molecule has 0 saturated heterocycles. The number of benzene rings is 2. The highest BCUT2D eigenvalue weighted by Gasteiger charge is 2.11. The van der Waals surface area contributed by atoms with Crippen molar-refractivity contribution >= 4 is 11.7 Å². The molecular formula is C21H22N4O. The minimum absolute atomic E-state index is 0.420. The zero-order valence-corrected chi connectivity index (χ0v) is 15.0. The van der Waals surface area contributed by atoms with Crippen molar-refractivity contribution in [3.63, 3.8) is 0 Å². The van der Waals surface area contributed by atoms with E-state index < -0.39 is 5.91 Å². The topological polar surface area (TPSA) is 80.9 Å². The van der Waals surface area contributed by atoms with Crippen molar-refractivity contribution in [3.05, 3.63) is 88.4 Å². The second-order valence-corrected chi connectivity index (χ2v) is 6.26. The lowest BCUT2D eigenvalue weighted by atomic mass is 10.0. The molecule has 0 fully saturated rings. The van der Waals surface area contributed by atoms with Gasteiger partial charge in [-0.2, -0.15) is 0 Å². The van der Waals surface area contributed by atoms with Crippen molar-refractivity contribution in [2.24, 2.45) is 5.73 Å². The third kappa shape index (κ3) is 4.25. The Kier molecular flexibility index (Phi) is 5.27. The van der Waals surface area contributed by atoms with Crippen LogP contribution in [0.5, 0.6) is 0 Å². The van der Waals surface area contributed by atoms with Gasteiger partial charge in [-0.15, -0.1) is 0 Å². The third-order valence-electron chi connectivity index (χ3n) is 4.25. The van der Waals surface area contributed by atoms with Crippen LogP contribution in [0.3, 0.4) is 0 Å². The maximum Gasteiger partial charge on any atom is 0.248 e. The molecular weight excluding hydrogens is 324 g/mol. The molecule has 0 radical (unpaired) electrons. The van der Waals surface area contributed by atoms with Crippen molar-refractivity contribution in [2.75, 3.05) is 5.32 Å². The van der Waals surface area contributed by atoms with Gasteiger partial charge in [0.15, 0.2) is 0 Å². The molecule has 1 heterocycles. The SMILES string of the molecule is Cc1nc(C)c(Cc2ccccc2)c(NCc2ccc(C(N)=O)cc2)n1. The van der Waals surface area contributed by atoms with Gasteiger partial charge in [0.2, 0.25) is 5.91 Å². The van der Waals surface area contributed by atoms with Gasteiger partial charge >= 0.3 is 0 Å². The third-order valence-corrected chi connectivity index (χ3v) is 4.25. The van der Waals surface area contributed by atoms with E-state index in [1.165, 1.54) is 5.56 Å². The zero-order valence-electron chi connectivity index (χ0n) is 15.0. The number of primary amides is 1. The van der Waals surface area contributed by atoms with Crippen molar-refractivity contribution in [2.45, 2.75) is 26.8 Å². The van der Waals surface area contributed by atoms with Crippen LogP contribution >= 0.6 is 0 Å². The molecule has 5 nitrogen and oxygen atoms in total. The number of nitrogens with zero attached hydrogens (tertiary/aromatic N) is 2. The van der Waals surface area contributed by atoms with Gasteiger partial charge in [-0.25, -0.2) is 9.97 Å². The minimum Gasteiger partial charge on any atom is -0.366 e. The fourth-order valence-corrected chi connectivity index (χ4v) is 2.87. The quantitative estimate of drug-likeness (QED) is 0.717. The normalized spacial score (nSPS) is 10.5. The average Bonchev–Trinajstić information content (AvgIpc) is 2.63. The van der Waals surface area contributed by atoms with Crippen LogP contribution in [0.25, 0.3) is 0 Å². The summed E-state index contributed by atoms with van der Waals surface area (Å²) in [7, 11) is 0. The van der Waals surface area contributed by atoms with Crippen LogP contribution in [0.1, 0.15) is 38.6 Å². The summed E-state index contributed by atoms with van der Waals surface area (Å²) in [4.78, 5) is 20.3. The standard InChI is InChI=1S/C21H22N4O/c1-14-19(12-16-6-4-3-5-7-16)21(25-15(2)24-14)23-13-17-8-10-18(11-9-17)20(22)26/h3-11H,12-13H2,1-2H3,(H2,22,26)(H,23,24,25). The van der Waals surface area contributed by atoms with Crippen LogP contribution in [0.15, 0.2) is 54.6 Å². The highest BCUT2D eigenvalue weighted by molar-refractivity contribution is 5.92. The summed E-state index contributed by atoms with van der Waals surface area (Å²) in [6.45, 7) is 4.52. The van der Waals surface area contributed by atoms with E-state index in [0.717, 1.165) is 34.9 Å². The lowest BCUT2D eigenvalue weighted by molar-refractivity contribution is 0.100. The molecule has 1 amide bonds. The van der Waals surface area contributed by atoms with Crippen LogP contribution in [0, 0.1) is 13.8 Å². The van der Waals surface area contributed by atoms with Crippen LogP contribution in [-0.2, 0) is 13.0 Å². The van der Waals surface area contributed by atoms with Crippen molar-refractivity contribution in [3.8, 4) is 0 Å². The number of rotatable bonds is 6. The first-order chi connectivity index (χ1) is 12.5. The molecule has 5 heteroatoms. The molecule has 0 aliphatic heterocycles. The summed E-state index contributed by atoms with van der Waals surface area (Å²) in [5, 5.41) is 3.41. The average molecular weight is 346 g/mol. The minimum atomic E-state index is -0.420. The molecule has 0 spiro atoms. The first-order valence-electron chi connectivity index (χ1n) is 8.53. The summed E-state index contributed by atoms with van der Waals surface area (Å²) in [5.74, 6) is 1.17. The van der Waals surface area contributed by atoms with Crippen molar-refractivity contribution in [1.82, 2.24) is 9.97 Å². The molecule has 1 aromatic heterocycles. The predicted molar refractivity (Wildman–Crippen MR) is 103 cm³/mol. The number of carbonyl (C=O) groups is 1. The van der Waals surface area contributed by atoms with E-state index in [4.69, 9.17) is 5.73 Å². The Morgan fingerprint density at radius 1 is 0.962 bits per heavy atom. The Balaban J connectivity index is 1.81. The molecule has 132 valence electrons. The summed E-state index contributed by atoms with van der Waals surface area (Å²) in [6.07, 6.45) is 0.774. The van der Waals surface area contributed by atoms with Crippen LogP contribution in [0.4, 0.5) is 5.82 Å². The Bertz CT molecular complexity index is 905. The van der Waals surface area contributed by atoms with Crippen molar-refractivity contribution in [1.29, 1.82) is 0 Å². The Morgan fingerprint density at radius 3 is 2.31 bits per heavy atom. The van der Waals surface area contributed by atoms with E-state index in [0.29, 0.717) is 12.1 Å². The van der Waals surface area contributed by atoms with E-state index >= 15 is 0 Å². The Hall–Kier alpha value is -3.21. The van der Waals surface area contributed by atoms with Crippen LogP contribution in [0.2, 0.25) is 0 Å². The summed E-state index contributed by atoms with van der Waals surface area (Å²) in [6, 6.07) is 17.5. The summed E-state index contributed by atoms with van der Waals surface area (Å²) in [5.41, 5.74) is 10.1. The smallest absolute Gasteiger partial charge is 0.248 e. The van der Waals surface area contributed by atoms with Gasteiger partial charge < -0.3 is 11.1 Å². The monoisotopic (exact) mass is 346 g/mol. The fourth-order valence-electron chi connectivity index (χ4n) is 2.87. The number of nitrogens with one attached hydrogen (secondary N) is 1. The number of hydrogen-bond acceptors (Lipinski definition) is 4. The van der Waals surface area contributed by atoms with E-state index in [-0.39, 0.29) is 0 Å². The number of nitrogens with two attached hydrogens (primary N) is 1. The highest BCUT2D eigenvalue weighted by atomic mass is 16.1. The Morgan fingerprint density at radius 2 is 1.65 bits per heavy atom. The molecule has 0 unspecified atom stereocenters. The number of aryl methyl sites for hydroxylation is 2.